The van der Waals surface area contributed by atoms with Crippen LogP contribution in [0, 0.1) is 0 Å². The number of anilines is 1. The summed E-state index contributed by atoms with van der Waals surface area (Å²) in [7, 11) is 0. The minimum Gasteiger partial charge on any atom is -0.356 e. The van der Waals surface area contributed by atoms with E-state index in [1.165, 1.54) is 0 Å². The zero-order chi connectivity index (χ0) is 17.4. The van der Waals surface area contributed by atoms with E-state index in [0.29, 0.717) is 27.2 Å². The van der Waals surface area contributed by atoms with Crippen LogP contribution in [0.5, 0.6) is 0 Å². The van der Waals surface area contributed by atoms with E-state index in [-0.39, 0.29) is 5.91 Å². The van der Waals surface area contributed by atoms with Gasteiger partial charge >= 0.3 is 0 Å². The fourth-order valence-corrected chi connectivity index (χ4v) is 3.11. The summed E-state index contributed by atoms with van der Waals surface area (Å²) in [6, 6.07) is 16.2. The van der Waals surface area contributed by atoms with E-state index in [1.807, 2.05) is 24.3 Å². The van der Waals surface area contributed by atoms with Gasteiger partial charge in [0.2, 0.25) is 5.91 Å². The van der Waals surface area contributed by atoms with Crippen molar-refractivity contribution in [2.75, 3.05) is 5.32 Å². The molecule has 3 aromatic rings. The van der Waals surface area contributed by atoms with Crippen molar-refractivity contribution in [2.24, 2.45) is 0 Å². The molecule has 0 saturated heterocycles. The molecule has 1 fully saturated rings. The monoisotopic (exact) mass is 372 g/mol. The fourth-order valence-electron chi connectivity index (χ4n) is 2.79. The third-order valence-electron chi connectivity index (χ3n) is 4.40. The van der Waals surface area contributed by atoms with Crippen molar-refractivity contribution >= 4 is 34.8 Å². The van der Waals surface area contributed by atoms with E-state index >= 15 is 0 Å². The second-order valence-electron chi connectivity index (χ2n) is 6.13. The van der Waals surface area contributed by atoms with Gasteiger partial charge in [-0.05, 0) is 55.3 Å². The number of hydrogen-bond acceptors (Lipinski definition) is 3. The molecule has 0 atom stereocenters. The number of rotatable bonds is 4. The SMILES string of the molecule is O=C(Nc1cccc(Cl)c1)C1(c2cc(-c3ccc(Cl)cc3)on2)CC1. The number of carbonyl (C=O) groups excluding carboxylic acids is 1. The molecule has 1 amide bonds. The number of carbonyl (C=O) groups is 1. The van der Waals surface area contributed by atoms with E-state index in [9.17, 15) is 4.79 Å². The van der Waals surface area contributed by atoms with Gasteiger partial charge in [0.05, 0.1) is 11.1 Å². The van der Waals surface area contributed by atoms with Crippen LogP contribution in [-0.2, 0) is 10.2 Å². The molecule has 0 bridgehead atoms. The largest absolute Gasteiger partial charge is 0.356 e. The quantitative estimate of drug-likeness (QED) is 0.674. The van der Waals surface area contributed by atoms with E-state index in [0.717, 1.165) is 18.4 Å². The van der Waals surface area contributed by atoms with Crippen molar-refractivity contribution in [3.05, 3.63) is 70.3 Å². The number of amides is 1. The maximum atomic E-state index is 12.7. The zero-order valence-corrected chi connectivity index (χ0v) is 14.6. The molecule has 0 unspecified atom stereocenters. The Morgan fingerprint density at radius 2 is 1.80 bits per heavy atom. The lowest BCUT2D eigenvalue weighted by Gasteiger charge is -2.12. The molecule has 1 aromatic heterocycles. The topological polar surface area (TPSA) is 55.1 Å². The van der Waals surface area contributed by atoms with Crippen LogP contribution in [0.25, 0.3) is 11.3 Å². The van der Waals surface area contributed by atoms with Crippen molar-refractivity contribution in [3.63, 3.8) is 0 Å². The van der Waals surface area contributed by atoms with Gasteiger partial charge in [0.25, 0.3) is 0 Å². The predicted octanol–water partition coefficient (Wildman–Crippen LogP) is 5.32. The van der Waals surface area contributed by atoms with Gasteiger partial charge in [-0.2, -0.15) is 0 Å². The van der Waals surface area contributed by atoms with Crippen molar-refractivity contribution in [1.29, 1.82) is 0 Å². The Hall–Kier alpha value is -2.30. The number of nitrogens with one attached hydrogen (secondary N) is 1. The van der Waals surface area contributed by atoms with Gasteiger partial charge in [0.15, 0.2) is 5.76 Å². The molecular formula is C19H14Cl2N2O2. The highest BCUT2D eigenvalue weighted by molar-refractivity contribution is 6.31. The lowest BCUT2D eigenvalue weighted by Crippen LogP contribution is -2.28. The summed E-state index contributed by atoms with van der Waals surface area (Å²) in [6.07, 6.45) is 1.48. The highest BCUT2D eigenvalue weighted by atomic mass is 35.5. The second-order valence-corrected chi connectivity index (χ2v) is 7.00. The zero-order valence-electron chi connectivity index (χ0n) is 13.1. The molecule has 25 heavy (non-hydrogen) atoms. The van der Waals surface area contributed by atoms with Crippen molar-refractivity contribution in [1.82, 2.24) is 5.16 Å². The lowest BCUT2D eigenvalue weighted by atomic mass is 10.00. The van der Waals surface area contributed by atoms with Gasteiger partial charge in [0, 0.05) is 27.4 Å². The normalized spacial score (nSPS) is 15.0. The van der Waals surface area contributed by atoms with Crippen LogP contribution in [0.4, 0.5) is 5.69 Å². The number of benzene rings is 2. The van der Waals surface area contributed by atoms with Gasteiger partial charge in [-0.15, -0.1) is 0 Å². The molecule has 1 N–H and O–H groups in total. The molecule has 4 nitrogen and oxygen atoms in total. The van der Waals surface area contributed by atoms with Crippen LogP contribution in [0.1, 0.15) is 18.5 Å². The summed E-state index contributed by atoms with van der Waals surface area (Å²) in [5.41, 5.74) is 1.56. The molecule has 6 heteroatoms. The van der Waals surface area contributed by atoms with E-state index in [1.54, 1.807) is 30.3 Å². The molecule has 1 aliphatic carbocycles. The predicted molar refractivity (Wildman–Crippen MR) is 97.9 cm³/mol. The van der Waals surface area contributed by atoms with Crippen LogP contribution in [0.3, 0.4) is 0 Å². The van der Waals surface area contributed by atoms with Gasteiger partial charge in [0.1, 0.15) is 0 Å². The first-order chi connectivity index (χ1) is 12.1. The summed E-state index contributed by atoms with van der Waals surface area (Å²) >= 11 is 11.9. The summed E-state index contributed by atoms with van der Waals surface area (Å²) in [4.78, 5) is 12.7. The Balaban J connectivity index is 1.57. The summed E-state index contributed by atoms with van der Waals surface area (Å²) in [6.45, 7) is 0. The molecular weight excluding hydrogens is 359 g/mol. The molecule has 1 heterocycles. The Bertz CT molecular complexity index is 931. The Labute approximate surface area is 154 Å². The first-order valence-corrected chi connectivity index (χ1v) is 8.63. The van der Waals surface area contributed by atoms with Crippen LogP contribution in [-0.4, -0.2) is 11.1 Å². The Morgan fingerprint density at radius 3 is 2.48 bits per heavy atom. The highest BCUT2D eigenvalue weighted by Gasteiger charge is 2.53. The van der Waals surface area contributed by atoms with Gasteiger partial charge < -0.3 is 9.84 Å². The molecule has 2 aromatic carbocycles. The molecule has 0 aliphatic heterocycles. The third-order valence-corrected chi connectivity index (χ3v) is 4.88. The molecule has 126 valence electrons. The number of hydrogen-bond donors (Lipinski definition) is 1. The number of nitrogens with zero attached hydrogens (tertiary/aromatic N) is 1. The Kier molecular flexibility index (Phi) is 4.02. The average Bonchev–Trinajstić information content (AvgIpc) is 3.26. The maximum Gasteiger partial charge on any atom is 0.236 e. The molecule has 4 rings (SSSR count). The fraction of sp³-hybridized carbons (Fsp3) is 0.158. The van der Waals surface area contributed by atoms with Crippen molar-refractivity contribution in [2.45, 2.75) is 18.3 Å². The van der Waals surface area contributed by atoms with Crippen LogP contribution >= 0.6 is 23.2 Å². The van der Waals surface area contributed by atoms with Crippen LogP contribution < -0.4 is 5.32 Å². The van der Waals surface area contributed by atoms with Gasteiger partial charge in [-0.1, -0.05) is 34.4 Å². The van der Waals surface area contributed by atoms with E-state index in [2.05, 4.69) is 10.5 Å². The van der Waals surface area contributed by atoms with Gasteiger partial charge in [-0.3, -0.25) is 4.79 Å². The van der Waals surface area contributed by atoms with Crippen LogP contribution in [0.2, 0.25) is 10.0 Å². The second kappa shape index (κ2) is 6.21. The van der Waals surface area contributed by atoms with Crippen LogP contribution in [0.15, 0.2) is 59.1 Å². The Morgan fingerprint density at radius 1 is 1.04 bits per heavy atom. The van der Waals surface area contributed by atoms with Crippen molar-refractivity contribution in [3.8, 4) is 11.3 Å². The summed E-state index contributed by atoms with van der Waals surface area (Å²) in [5, 5.41) is 8.29. The smallest absolute Gasteiger partial charge is 0.236 e. The highest BCUT2D eigenvalue weighted by Crippen LogP contribution is 2.49. The molecule has 1 saturated carbocycles. The minimum absolute atomic E-state index is 0.0919. The van der Waals surface area contributed by atoms with Gasteiger partial charge in [-0.25, -0.2) is 0 Å². The van der Waals surface area contributed by atoms with E-state index < -0.39 is 5.41 Å². The summed E-state index contributed by atoms with van der Waals surface area (Å²) in [5.74, 6) is 0.527. The first-order valence-electron chi connectivity index (χ1n) is 7.87. The first kappa shape index (κ1) is 16.2. The molecule has 1 aliphatic rings. The maximum absolute atomic E-state index is 12.7. The van der Waals surface area contributed by atoms with Crippen molar-refractivity contribution < 1.29 is 9.32 Å². The third kappa shape index (κ3) is 3.15. The summed E-state index contributed by atoms with van der Waals surface area (Å²) < 4.78 is 5.44. The molecule has 0 spiro atoms. The lowest BCUT2D eigenvalue weighted by molar-refractivity contribution is -0.118. The van der Waals surface area contributed by atoms with E-state index in [4.69, 9.17) is 27.7 Å². The standard InChI is InChI=1S/C19H14Cl2N2O2/c20-13-6-4-12(5-7-13)16-11-17(23-25-16)19(8-9-19)18(24)22-15-3-1-2-14(21)10-15/h1-7,10-11H,8-9H2,(H,22,24). The average molecular weight is 373 g/mol. The number of aromatic nitrogens is 1. The molecule has 0 radical (unpaired) electrons. The number of halogens is 2. The minimum atomic E-state index is -0.628.